The fourth-order valence-electron chi connectivity index (χ4n) is 2.41. The third-order valence-corrected chi connectivity index (χ3v) is 3.39. The Kier molecular flexibility index (Phi) is 3.57. The number of anilines is 1. The lowest BCUT2D eigenvalue weighted by Gasteiger charge is -2.07. The molecule has 0 radical (unpaired) electrons. The van der Waals surface area contributed by atoms with Crippen molar-refractivity contribution in [3.8, 4) is 11.8 Å². The molecule has 0 aliphatic carbocycles. The molecular weight excluding hydrogens is 264 g/mol. The Balaban J connectivity index is 1.67. The first-order chi connectivity index (χ1) is 10.2. The summed E-state index contributed by atoms with van der Waals surface area (Å²) in [6.45, 7) is 0.714. The van der Waals surface area contributed by atoms with Crippen molar-refractivity contribution < 1.29 is 9.53 Å². The molecule has 4 nitrogen and oxygen atoms in total. The van der Waals surface area contributed by atoms with Crippen LogP contribution in [-0.4, -0.2) is 12.5 Å². The monoisotopic (exact) mass is 278 g/mol. The molecule has 0 atom stereocenters. The van der Waals surface area contributed by atoms with E-state index in [1.165, 1.54) is 0 Å². The number of nitriles is 1. The van der Waals surface area contributed by atoms with E-state index >= 15 is 0 Å². The lowest BCUT2D eigenvalue weighted by molar-refractivity contribution is -0.115. The van der Waals surface area contributed by atoms with E-state index in [1.807, 2.05) is 18.2 Å². The van der Waals surface area contributed by atoms with Gasteiger partial charge in [0.25, 0.3) is 0 Å². The zero-order valence-electron chi connectivity index (χ0n) is 11.4. The molecule has 0 unspecified atom stereocenters. The van der Waals surface area contributed by atoms with Crippen LogP contribution in [0.1, 0.15) is 16.7 Å². The maximum atomic E-state index is 12.1. The molecule has 0 saturated heterocycles. The second-order valence-electron chi connectivity index (χ2n) is 4.96. The standard InChI is InChI=1S/C17H14N2O2/c18-11-13-2-1-3-15(9-13)19-17(20)10-12-4-5-16-14(8-12)6-7-21-16/h1-5,8-9H,6-7,10H2,(H,19,20). The van der Waals surface area contributed by atoms with Crippen LogP contribution in [0.5, 0.6) is 5.75 Å². The van der Waals surface area contributed by atoms with Gasteiger partial charge in [-0.25, -0.2) is 0 Å². The summed E-state index contributed by atoms with van der Waals surface area (Å²) in [6, 6.07) is 14.8. The van der Waals surface area contributed by atoms with Crippen molar-refractivity contribution in [3.63, 3.8) is 0 Å². The van der Waals surface area contributed by atoms with Crippen LogP contribution in [0.3, 0.4) is 0 Å². The quantitative estimate of drug-likeness (QED) is 0.939. The Hall–Kier alpha value is -2.80. The second kappa shape index (κ2) is 5.68. The molecule has 2 aromatic rings. The maximum Gasteiger partial charge on any atom is 0.228 e. The van der Waals surface area contributed by atoms with Crippen LogP contribution in [0.4, 0.5) is 5.69 Å². The van der Waals surface area contributed by atoms with Gasteiger partial charge in [-0.2, -0.15) is 5.26 Å². The Morgan fingerprint density at radius 2 is 2.19 bits per heavy atom. The summed E-state index contributed by atoms with van der Waals surface area (Å²) in [5.41, 5.74) is 3.30. The number of hydrogen-bond donors (Lipinski definition) is 1. The van der Waals surface area contributed by atoms with Crippen molar-refractivity contribution in [1.29, 1.82) is 5.26 Å². The number of nitrogens with one attached hydrogen (secondary N) is 1. The van der Waals surface area contributed by atoms with E-state index in [9.17, 15) is 4.79 Å². The molecule has 3 rings (SSSR count). The molecule has 0 fully saturated rings. The molecule has 1 amide bonds. The highest BCUT2D eigenvalue weighted by atomic mass is 16.5. The summed E-state index contributed by atoms with van der Waals surface area (Å²) in [6.07, 6.45) is 1.21. The van der Waals surface area contributed by atoms with Gasteiger partial charge in [0.2, 0.25) is 5.91 Å². The molecule has 1 aliphatic rings. The lowest BCUT2D eigenvalue weighted by Crippen LogP contribution is -2.14. The number of hydrogen-bond acceptors (Lipinski definition) is 3. The Morgan fingerprint density at radius 3 is 3.05 bits per heavy atom. The molecule has 21 heavy (non-hydrogen) atoms. The first-order valence-electron chi connectivity index (χ1n) is 6.79. The van der Waals surface area contributed by atoms with Crippen molar-refractivity contribution in [2.24, 2.45) is 0 Å². The molecule has 2 aromatic carbocycles. The highest BCUT2D eigenvalue weighted by Gasteiger charge is 2.13. The normalized spacial score (nSPS) is 12.1. The van der Waals surface area contributed by atoms with E-state index < -0.39 is 0 Å². The van der Waals surface area contributed by atoms with Gasteiger partial charge in [-0.3, -0.25) is 4.79 Å². The lowest BCUT2D eigenvalue weighted by atomic mass is 10.1. The molecule has 1 aliphatic heterocycles. The predicted molar refractivity (Wildman–Crippen MR) is 79.1 cm³/mol. The van der Waals surface area contributed by atoms with Crippen molar-refractivity contribution in [1.82, 2.24) is 0 Å². The fraction of sp³-hybridized carbons (Fsp3) is 0.176. The average molecular weight is 278 g/mol. The van der Waals surface area contributed by atoms with Crippen LogP contribution in [0.2, 0.25) is 0 Å². The van der Waals surface area contributed by atoms with E-state index in [0.717, 1.165) is 23.3 Å². The number of fused-ring (bicyclic) bond motifs is 1. The number of ether oxygens (including phenoxy) is 1. The minimum atomic E-state index is -0.0936. The molecule has 0 aromatic heterocycles. The third-order valence-electron chi connectivity index (χ3n) is 3.39. The summed E-state index contributed by atoms with van der Waals surface area (Å²) < 4.78 is 5.45. The summed E-state index contributed by atoms with van der Waals surface area (Å²) in [4.78, 5) is 12.1. The minimum Gasteiger partial charge on any atom is -0.493 e. The largest absolute Gasteiger partial charge is 0.493 e. The molecular formula is C17H14N2O2. The van der Waals surface area contributed by atoms with Crippen LogP contribution in [0.25, 0.3) is 0 Å². The molecule has 4 heteroatoms. The SMILES string of the molecule is N#Cc1cccc(NC(=O)Cc2ccc3c(c2)CCO3)c1. The Morgan fingerprint density at radius 1 is 1.29 bits per heavy atom. The predicted octanol–water partition coefficient (Wildman–Crippen LogP) is 2.67. The first kappa shape index (κ1) is 13.2. The van der Waals surface area contributed by atoms with Crippen molar-refractivity contribution in [3.05, 3.63) is 59.2 Å². The minimum absolute atomic E-state index is 0.0936. The topological polar surface area (TPSA) is 62.1 Å². The van der Waals surface area contributed by atoms with Gasteiger partial charge in [-0.15, -0.1) is 0 Å². The number of nitrogens with zero attached hydrogens (tertiary/aromatic N) is 1. The Labute approximate surface area is 123 Å². The van der Waals surface area contributed by atoms with Gasteiger partial charge in [0, 0.05) is 12.1 Å². The van der Waals surface area contributed by atoms with Crippen LogP contribution in [0, 0.1) is 11.3 Å². The Bertz CT molecular complexity index is 732. The number of amides is 1. The number of rotatable bonds is 3. The van der Waals surface area contributed by atoms with Crippen LogP contribution in [0.15, 0.2) is 42.5 Å². The highest BCUT2D eigenvalue weighted by Crippen LogP contribution is 2.26. The van der Waals surface area contributed by atoms with Crippen LogP contribution < -0.4 is 10.1 Å². The average Bonchev–Trinajstić information content (AvgIpc) is 2.95. The van der Waals surface area contributed by atoms with Gasteiger partial charge in [0.15, 0.2) is 0 Å². The van der Waals surface area contributed by atoms with Gasteiger partial charge in [-0.1, -0.05) is 18.2 Å². The summed E-state index contributed by atoms with van der Waals surface area (Å²) >= 11 is 0. The van der Waals surface area contributed by atoms with E-state index in [2.05, 4.69) is 11.4 Å². The van der Waals surface area contributed by atoms with Crippen molar-refractivity contribution >= 4 is 11.6 Å². The van der Waals surface area contributed by atoms with Crippen molar-refractivity contribution in [2.75, 3.05) is 11.9 Å². The fourth-order valence-corrected chi connectivity index (χ4v) is 2.41. The summed E-state index contributed by atoms with van der Waals surface area (Å²) in [7, 11) is 0. The second-order valence-corrected chi connectivity index (χ2v) is 4.96. The molecule has 1 N–H and O–H groups in total. The van der Waals surface area contributed by atoms with E-state index in [-0.39, 0.29) is 5.91 Å². The number of benzene rings is 2. The van der Waals surface area contributed by atoms with Crippen LogP contribution in [-0.2, 0) is 17.6 Å². The first-order valence-corrected chi connectivity index (χ1v) is 6.79. The third kappa shape index (κ3) is 3.03. The number of carbonyl (C=O) groups is 1. The molecule has 1 heterocycles. The molecule has 104 valence electrons. The zero-order chi connectivity index (χ0) is 14.7. The summed E-state index contributed by atoms with van der Waals surface area (Å²) in [5.74, 6) is 0.824. The van der Waals surface area contributed by atoms with Crippen LogP contribution >= 0.6 is 0 Å². The van der Waals surface area contributed by atoms with E-state index in [4.69, 9.17) is 10.00 Å². The van der Waals surface area contributed by atoms with E-state index in [1.54, 1.807) is 24.3 Å². The zero-order valence-corrected chi connectivity index (χ0v) is 11.4. The molecule has 0 spiro atoms. The number of carbonyl (C=O) groups excluding carboxylic acids is 1. The van der Waals surface area contributed by atoms with Gasteiger partial charge in [-0.05, 0) is 35.4 Å². The molecule has 0 saturated carbocycles. The summed E-state index contributed by atoms with van der Waals surface area (Å²) in [5, 5.41) is 11.7. The van der Waals surface area contributed by atoms with E-state index in [0.29, 0.717) is 24.3 Å². The maximum absolute atomic E-state index is 12.1. The van der Waals surface area contributed by atoms with Crippen molar-refractivity contribution in [2.45, 2.75) is 12.8 Å². The van der Waals surface area contributed by atoms with Gasteiger partial charge in [0.05, 0.1) is 24.7 Å². The van der Waals surface area contributed by atoms with Gasteiger partial charge >= 0.3 is 0 Å². The van der Waals surface area contributed by atoms with Gasteiger partial charge < -0.3 is 10.1 Å². The highest BCUT2D eigenvalue weighted by molar-refractivity contribution is 5.92. The molecule has 0 bridgehead atoms. The smallest absolute Gasteiger partial charge is 0.228 e. The van der Waals surface area contributed by atoms with Gasteiger partial charge in [0.1, 0.15) is 5.75 Å².